The quantitative estimate of drug-likeness (QED) is 0.350. The first kappa shape index (κ1) is 19.9. The Morgan fingerprint density at radius 1 is 0.933 bits per heavy atom. The lowest BCUT2D eigenvalue weighted by Crippen LogP contribution is -2.33. The maximum Gasteiger partial charge on any atom is 0.260 e. The number of rotatable bonds is 3. The highest BCUT2D eigenvalue weighted by molar-refractivity contribution is 5.95. The Kier molecular flexibility index (Phi) is 4.96. The number of halogens is 6. The molecule has 30 heavy (non-hydrogen) atoms. The van der Waals surface area contributed by atoms with Gasteiger partial charge in [0.15, 0.2) is 23.3 Å². The first-order valence-electron chi connectivity index (χ1n) is 8.72. The summed E-state index contributed by atoms with van der Waals surface area (Å²) in [5.41, 5.74) is -1.56. The predicted octanol–water partition coefficient (Wildman–Crippen LogP) is 4.55. The van der Waals surface area contributed by atoms with Crippen molar-refractivity contribution in [3.05, 3.63) is 70.6 Å². The van der Waals surface area contributed by atoms with Crippen LogP contribution in [0.4, 0.5) is 26.3 Å². The SMILES string of the molecule is O=C(c1c(F)c(F)c(F)c(F)c1F)N1CCCC1c1nnc(-c2ccccc2F)o1. The summed E-state index contributed by atoms with van der Waals surface area (Å²) in [5.74, 6) is -13.6. The van der Waals surface area contributed by atoms with Crippen molar-refractivity contribution in [3.8, 4) is 11.5 Å². The zero-order valence-corrected chi connectivity index (χ0v) is 14.9. The lowest BCUT2D eigenvalue weighted by molar-refractivity contribution is 0.0702. The van der Waals surface area contributed by atoms with E-state index in [9.17, 15) is 31.1 Å². The number of nitrogens with zero attached hydrogens (tertiary/aromatic N) is 3. The van der Waals surface area contributed by atoms with E-state index >= 15 is 0 Å². The standard InChI is InChI=1S/C19H11F6N3O2/c20-9-5-2-1-4-8(9)17-26-27-18(30-17)10-6-3-7-28(10)19(29)11-12(21)14(23)16(25)15(24)13(11)22/h1-2,4-5,10H,3,6-7H2. The van der Waals surface area contributed by atoms with Crippen molar-refractivity contribution in [1.82, 2.24) is 15.1 Å². The van der Waals surface area contributed by atoms with Gasteiger partial charge in [-0.25, -0.2) is 26.3 Å². The zero-order chi connectivity index (χ0) is 21.6. The fourth-order valence-electron chi connectivity index (χ4n) is 3.32. The number of carbonyl (C=O) groups excluding carboxylic acids is 1. The van der Waals surface area contributed by atoms with Crippen LogP contribution in [0.2, 0.25) is 0 Å². The van der Waals surface area contributed by atoms with Crippen LogP contribution in [0.25, 0.3) is 11.5 Å². The van der Waals surface area contributed by atoms with Crippen molar-refractivity contribution < 1.29 is 35.6 Å². The topological polar surface area (TPSA) is 59.2 Å². The van der Waals surface area contributed by atoms with Gasteiger partial charge in [0.05, 0.1) is 5.56 Å². The Hall–Kier alpha value is -3.37. The molecular formula is C19H11F6N3O2. The monoisotopic (exact) mass is 427 g/mol. The minimum absolute atomic E-state index is 0.00638. The van der Waals surface area contributed by atoms with Gasteiger partial charge in [-0.1, -0.05) is 12.1 Å². The molecule has 11 heteroatoms. The van der Waals surface area contributed by atoms with Gasteiger partial charge in [-0.2, -0.15) is 0 Å². The summed E-state index contributed by atoms with van der Waals surface area (Å²) in [7, 11) is 0. The molecule has 0 saturated carbocycles. The molecule has 2 heterocycles. The normalized spacial score (nSPS) is 16.3. The second-order valence-corrected chi connectivity index (χ2v) is 6.53. The zero-order valence-electron chi connectivity index (χ0n) is 14.9. The summed E-state index contributed by atoms with van der Waals surface area (Å²) in [6, 6.07) is 4.58. The molecule has 0 bridgehead atoms. The van der Waals surface area contributed by atoms with Gasteiger partial charge < -0.3 is 9.32 Å². The molecule has 1 aliphatic heterocycles. The Morgan fingerprint density at radius 2 is 1.57 bits per heavy atom. The molecule has 156 valence electrons. The van der Waals surface area contributed by atoms with Gasteiger partial charge in [-0.15, -0.1) is 10.2 Å². The summed E-state index contributed by atoms with van der Waals surface area (Å²) in [5, 5.41) is 7.48. The minimum Gasteiger partial charge on any atom is -0.418 e. The maximum absolute atomic E-state index is 14.0. The van der Waals surface area contributed by atoms with E-state index in [4.69, 9.17) is 4.42 Å². The van der Waals surface area contributed by atoms with Gasteiger partial charge in [0, 0.05) is 6.54 Å². The number of hydrogen-bond donors (Lipinski definition) is 0. The van der Waals surface area contributed by atoms with Crippen molar-refractivity contribution in [3.63, 3.8) is 0 Å². The van der Waals surface area contributed by atoms with Crippen LogP contribution >= 0.6 is 0 Å². The summed E-state index contributed by atoms with van der Waals surface area (Å²) in [6.45, 7) is -0.0413. The molecular weight excluding hydrogens is 416 g/mol. The van der Waals surface area contributed by atoms with E-state index in [0.29, 0.717) is 6.42 Å². The van der Waals surface area contributed by atoms with Crippen LogP contribution in [0.5, 0.6) is 0 Å². The van der Waals surface area contributed by atoms with Crippen LogP contribution in [-0.2, 0) is 0 Å². The molecule has 1 fully saturated rings. The Morgan fingerprint density at radius 3 is 2.23 bits per heavy atom. The van der Waals surface area contributed by atoms with E-state index in [1.54, 1.807) is 0 Å². The van der Waals surface area contributed by atoms with Crippen LogP contribution in [0, 0.1) is 34.9 Å². The molecule has 0 radical (unpaired) electrons. The van der Waals surface area contributed by atoms with Gasteiger partial charge in [0.1, 0.15) is 17.4 Å². The Balaban J connectivity index is 1.69. The van der Waals surface area contributed by atoms with E-state index in [2.05, 4.69) is 10.2 Å². The van der Waals surface area contributed by atoms with Gasteiger partial charge >= 0.3 is 0 Å². The third-order valence-electron chi connectivity index (χ3n) is 4.77. The molecule has 1 saturated heterocycles. The average Bonchev–Trinajstić information content (AvgIpc) is 3.40. The number of carbonyl (C=O) groups is 1. The van der Waals surface area contributed by atoms with Gasteiger partial charge in [0.25, 0.3) is 11.8 Å². The van der Waals surface area contributed by atoms with Crippen molar-refractivity contribution in [2.24, 2.45) is 0 Å². The Bertz CT molecular complexity index is 1120. The van der Waals surface area contributed by atoms with Gasteiger partial charge in [-0.05, 0) is 25.0 Å². The fourth-order valence-corrected chi connectivity index (χ4v) is 3.32. The predicted molar refractivity (Wildman–Crippen MR) is 88.9 cm³/mol. The molecule has 1 unspecified atom stereocenters. The molecule has 1 atom stereocenters. The first-order chi connectivity index (χ1) is 14.3. The summed E-state index contributed by atoms with van der Waals surface area (Å²) < 4.78 is 87.7. The molecule has 1 aromatic heterocycles. The number of amides is 1. The van der Waals surface area contributed by atoms with Crippen LogP contribution < -0.4 is 0 Å². The molecule has 0 N–H and O–H groups in total. The molecule has 3 aromatic rings. The third-order valence-corrected chi connectivity index (χ3v) is 4.77. The molecule has 0 aliphatic carbocycles. The Labute approximate surface area is 164 Å². The third kappa shape index (κ3) is 3.10. The van der Waals surface area contributed by atoms with E-state index in [-0.39, 0.29) is 30.3 Å². The highest BCUT2D eigenvalue weighted by Crippen LogP contribution is 2.35. The van der Waals surface area contributed by atoms with E-state index < -0.39 is 52.4 Å². The molecule has 2 aromatic carbocycles. The van der Waals surface area contributed by atoms with Crippen LogP contribution in [0.3, 0.4) is 0 Å². The van der Waals surface area contributed by atoms with Crippen molar-refractivity contribution in [2.75, 3.05) is 6.54 Å². The second kappa shape index (κ2) is 7.47. The van der Waals surface area contributed by atoms with Crippen LogP contribution in [-0.4, -0.2) is 27.5 Å². The van der Waals surface area contributed by atoms with E-state index in [1.165, 1.54) is 24.3 Å². The van der Waals surface area contributed by atoms with Crippen molar-refractivity contribution in [2.45, 2.75) is 18.9 Å². The fraction of sp³-hybridized carbons (Fsp3) is 0.211. The number of benzene rings is 2. The number of hydrogen-bond acceptors (Lipinski definition) is 4. The minimum atomic E-state index is -2.36. The second-order valence-electron chi connectivity index (χ2n) is 6.53. The maximum atomic E-state index is 14.0. The largest absolute Gasteiger partial charge is 0.418 e. The van der Waals surface area contributed by atoms with Crippen molar-refractivity contribution >= 4 is 5.91 Å². The summed E-state index contributed by atoms with van der Waals surface area (Å²) in [4.78, 5) is 13.5. The molecule has 1 amide bonds. The summed E-state index contributed by atoms with van der Waals surface area (Å²) >= 11 is 0. The van der Waals surface area contributed by atoms with Crippen LogP contribution in [0.15, 0.2) is 28.7 Å². The molecule has 0 spiro atoms. The molecule has 1 aliphatic rings. The lowest BCUT2D eigenvalue weighted by atomic mass is 10.1. The molecule has 4 rings (SSSR count). The average molecular weight is 427 g/mol. The lowest BCUT2D eigenvalue weighted by Gasteiger charge is -2.22. The van der Waals surface area contributed by atoms with E-state index in [0.717, 1.165) is 4.90 Å². The highest BCUT2D eigenvalue weighted by atomic mass is 19.2. The smallest absolute Gasteiger partial charge is 0.260 e. The highest BCUT2D eigenvalue weighted by Gasteiger charge is 2.39. The van der Waals surface area contributed by atoms with Gasteiger partial charge in [-0.3, -0.25) is 4.79 Å². The first-order valence-corrected chi connectivity index (χ1v) is 8.72. The van der Waals surface area contributed by atoms with Crippen molar-refractivity contribution in [1.29, 1.82) is 0 Å². The summed E-state index contributed by atoms with van der Waals surface area (Å²) in [6.07, 6.45) is 0.587. The number of likely N-dealkylation sites (tertiary alicyclic amines) is 1. The van der Waals surface area contributed by atoms with Gasteiger partial charge in [0.2, 0.25) is 11.7 Å². The molecule has 5 nitrogen and oxygen atoms in total. The van der Waals surface area contributed by atoms with Crippen LogP contribution in [0.1, 0.15) is 35.1 Å². The number of aromatic nitrogens is 2. The van der Waals surface area contributed by atoms with E-state index in [1.807, 2.05) is 0 Å².